The second kappa shape index (κ2) is 5.87. The van der Waals surface area contributed by atoms with Crippen molar-refractivity contribution in [2.45, 2.75) is 20.3 Å². The lowest BCUT2D eigenvalue weighted by Gasteiger charge is -2.08. The normalized spacial score (nSPS) is 10.8. The Morgan fingerprint density at radius 2 is 1.95 bits per heavy atom. The highest BCUT2D eigenvalue weighted by Crippen LogP contribution is 2.19. The molecule has 0 aliphatic carbocycles. The standard InChI is InChI=1S/C17H18FNO/c1-11(2)8-12-4-3-5-13(9-12)17(20)15-10-14(18)6-7-16(15)19/h3-7,9-11H,8,19H2,1-2H3. The molecule has 3 heteroatoms. The van der Waals surface area contributed by atoms with Crippen LogP contribution in [0.15, 0.2) is 42.5 Å². The predicted octanol–water partition coefficient (Wildman–Crippen LogP) is 3.84. The maximum Gasteiger partial charge on any atom is 0.195 e. The minimum absolute atomic E-state index is 0.215. The van der Waals surface area contributed by atoms with Gasteiger partial charge in [-0.3, -0.25) is 4.79 Å². The van der Waals surface area contributed by atoms with Gasteiger partial charge < -0.3 is 5.73 Å². The van der Waals surface area contributed by atoms with Crippen molar-refractivity contribution in [3.8, 4) is 0 Å². The lowest BCUT2D eigenvalue weighted by atomic mass is 9.96. The van der Waals surface area contributed by atoms with Crippen LogP contribution in [0.5, 0.6) is 0 Å². The molecule has 2 aromatic rings. The van der Waals surface area contributed by atoms with Gasteiger partial charge in [0.25, 0.3) is 0 Å². The van der Waals surface area contributed by atoms with Crippen molar-refractivity contribution in [2.24, 2.45) is 5.92 Å². The molecule has 2 nitrogen and oxygen atoms in total. The molecule has 0 fully saturated rings. The number of hydrogen-bond acceptors (Lipinski definition) is 2. The van der Waals surface area contributed by atoms with Crippen LogP contribution in [0.25, 0.3) is 0 Å². The van der Waals surface area contributed by atoms with Crippen molar-refractivity contribution in [2.75, 3.05) is 5.73 Å². The molecule has 0 aliphatic heterocycles. The van der Waals surface area contributed by atoms with E-state index >= 15 is 0 Å². The summed E-state index contributed by atoms with van der Waals surface area (Å²) in [7, 11) is 0. The van der Waals surface area contributed by atoms with Gasteiger partial charge in [-0.15, -0.1) is 0 Å². The Bertz CT molecular complexity index is 635. The van der Waals surface area contributed by atoms with E-state index in [9.17, 15) is 9.18 Å². The summed E-state index contributed by atoms with van der Waals surface area (Å²) in [5.41, 5.74) is 7.91. The zero-order valence-electron chi connectivity index (χ0n) is 11.7. The zero-order chi connectivity index (χ0) is 14.7. The van der Waals surface area contributed by atoms with Crippen LogP contribution >= 0.6 is 0 Å². The Morgan fingerprint density at radius 3 is 2.65 bits per heavy atom. The fourth-order valence-corrected chi connectivity index (χ4v) is 2.19. The van der Waals surface area contributed by atoms with E-state index in [2.05, 4.69) is 13.8 Å². The first kappa shape index (κ1) is 14.3. The molecule has 0 heterocycles. The van der Waals surface area contributed by atoms with E-state index in [4.69, 9.17) is 5.73 Å². The average molecular weight is 271 g/mol. The Morgan fingerprint density at radius 1 is 1.20 bits per heavy atom. The number of benzene rings is 2. The first-order valence-electron chi connectivity index (χ1n) is 6.66. The summed E-state index contributed by atoms with van der Waals surface area (Å²) in [4.78, 5) is 12.4. The Balaban J connectivity index is 2.35. The van der Waals surface area contributed by atoms with Crippen LogP contribution in [-0.2, 0) is 6.42 Å². The maximum absolute atomic E-state index is 13.3. The first-order chi connectivity index (χ1) is 9.47. The molecule has 0 atom stereocenters. The van der Waals surface area contributed by atoms with E-state index in [1.165, 1.54) is 18.2 Å². The zero-order valence-corrected chi connectivity index (χ0v) is 11.7. The van der Waals surface area contributed by atoms with E-state index < -0.39 is 5.82 Å². The SMILES string of the molecule is CC(C)Cc1cccc(C(=O)c2cc(F)ccc2N)c1. The van der Waals surface area contributed by atoms with Crippen LogP contribution < -0.4 is 5.73 Å². The average Bonchev–Trinajstić information content (AvgIpc) is 2.40. The van der Waals surface area contributed by atoms with E-state index in [-0.39, 0.29) is 11.3 Å². The molecule has 0 saturated heterocycles. The number of carbonyl (C=O) groups excluding carboxylic acids is 1. The molecule has 0 bridgehead atoms. The number of anilines is 1. The molecule has 2 N–H and O–H groups in total. The third kappa shape index (κ3) is 3.23. The van der Waals surface area contributed by atoms with Crippen LogP contribution in [0.3, 0.4) is 0 Å². The molecule has 20 heavy (non-hydrogen) atoms. The lowest BCUT2D eigenvalue weighted by Crippen LogP contribution is -2.07. The summed E-state index contributed by atoms with van der Waals surface area (Å²) in [5.74, 6) is -0.187. The van der Waals surface area contributed by atoms with Crippen molar-refractivity contribution in [3.63, 3.8) is 0 Å². The number of nitrogen functional groups attached to an aromatic ring is 1. The molecule has 0 spiro atoms. The summed E-state index contributed by atoms with van der Waals surface area (Å²) in [6, 6.07) is 11.3. The monoisotopic (exact) mass is 271 g/mol. The summed E-state index contributed by atoms with van der Waals surface area (Å²) in [6.07, 6.45) is 0.903. The predicted molar refractivity (Wildman–Crippen MR) is 79.2 cm³/mol. The van der Waals surface area contributed by atoms with Crippen molar-refractivity contribution >= 4 is 11.5 Å². The lowest BCUT2D eigenvalue weighted by molar-refractivity contribution is 0.103. The van der Waals surface area contributed by atoms with Gasteiger partial charge in [-0.2, -0.15) is 0 Å². The third-order valence-electron chi connectivity index (χ3n) is 3.09. The Hall–Kier alpha value is -2.16. The Labute approximate surface area is 118 Å². The van der Waals surface area contributed by atoms with Gasteiger partial charge in [0, 0.05) is 16.8 Å². The van der Waals surface area contributed by atoms with Gasteiger partial charge in [0.05, 0.1) is 0 Å². The van der Waals surface area contributed by atoms with Crippen molar-refractivity contribution in [1.29, 1.82) is 0 Å². The van der Waals surface area contributed by atoms with Crippen LogP contribution in [0.1, 0.15) is 35.3 Å². The molecular weight excluding hydrogens is 253 g/mol. The van der Waals surface area contributed by atoms with Crippen LogP contribution in [-0.4, -0.2) is 5.78 Å². The van der Waals surface area contributed by atoms with Gasteiger partial charge in [0.1, 0.15) is 5.82 Å². The van der Waals surface area contributed by atoms with Crippen LogP contribution in [0.4, 0.5) is 10.1 Å². The smallest absolute Gasteiger partial charge is 0.195 e. The maximum atomic E-state index is 13.3. The molecule has 0 radical (unpaired) electrons. The minimum Gasteiger partial charge on any atom is -0.398 e. The van der Waals surface area contributed by atoms with Crippen molar-refractivity contribution in [3.05, 3.63) is 65.0 Å². The summed E-state index contributed by atoms with van der Waals surface area (Å²) in [6.45, 7) is 4.25. The van der Waals surface area contributed by atoms with Crippen molar-refractivity contribution < 1.29 is 9.18 Å². The van der Waals surface area contributed by atoms with Crippen LogP contribution in [0.2, 0.25) is 0 Å². The van der Waals surface area contributed by atoms with Gasteiger partial charge >= 0.3 is 0 Å². The quantitative estimate of drug-likeness (QED) is 0.678. The number of rotatable bonds is 4. The molecule has 0 aromatic heterocycles. The van der Waals surface area contributed by atoms with E-state index in [0.717, 1.165) is 12.0 Å². The molecule has 2 rings (SSSR count). The second-order valence-electron chi connectivity index (χ2n) is 5.36. The van der Waals surface area contributed by atoms with E-state index in [1.54, 1.807) is 6.07 Å². The fourth-order valence-electron chi connectivity index (χ4n) is 2.19. The third-order valence-corrected chi connectivity index (χ3v) is 3.09. The summed E-state index contributed by atoms with van der Waals surface area (Å²) >= 11 is 0. The van der Waals surface area contributed by atoms with E-state index in [1.807, 2.05) is 18.2 Å². The largest absolute Gasteiger partial charge is 0.398 e. The fraction of sp³-hybridized carbons (Fsp3) is 0.235. The van der Waals surface area contributed by atoms with Gasteiger partial charge in [0.2, 0.25) is 0 Å². The molecular formula is C17H18FNO. The highest BCUT2D eigenvalue weighted by molar-refractivity contribution is 6.12. The molecule has 104 valence electrons. The van der Waals surface area contributed by atoms with Gasteiger partial charge in [-0.1, -0.05) is 32.0 Å². The number of hydrogen-bond donors (Lipinski definition) is 1. The molecule has 0 unspecified atom stereocenters. The van der Waals surface area contributed by atoms with Gasteiger partial charge in [0.15, 0.2) is 5.78 Å². The first-order valence-corrected chi connectivity index (χ1v) is 6.66. The van der Waals surface area contributed by atoms with Crippen molar-refractivity contribution in [1.82, 2.24) is 0 Å². The number of nitrogens with two attached hydrogens (primary N) is 1. The number of ketones is 1. The molecule has 2 aromatic carbocycles. The minimum atomic E-state index is -0.458. The number of carbonyl (C=O) groups is 1. The highest BCUT2D eigenvalue weighted by Gasteiger charge is 2.14. The topological polar surface area (TPSA) is 43.1 Å². The summed E-state index contributed by atoms with van der Waals surface area (Å²) in [5, 5.41) is 0. The highest BCUT2D eigenvalue weighted by atomic mass is 19.1. The van der Waals surface area contributed by atoms with Gasteiger partial charge in [-0.25, -0.2) is 4.39 Å². The molecule has 0 aliphatic rings. The molecule has 0 amide bonds. The van der Waals surface area contributed by atoms with Gasteiger partial charge in [-0.05, 0) is 42.2 Å². The number of halogens is 1. The Kier molecular flexibility index (Phi) is 4.18. The van der Waals surface area contributed by atoms with Crippen LogP contribution in [0, 0.1) is 11.7 Å². The second-order valence-corrected chi connectivity index (χ2v) is 5.36. The molecule has 0 saturated carbocycles. The summed E-state index contributed by atoms with van der Waals surface area (Å²) < 4.78 is 13.3. The van der Waals surface area contributed by atoms with E-state index in [0.29, 0.717) is 17.2 Å².